The molecule has 0 aromatic heterocycles. The van der Waals surface area contributed by atoms with Crippen LogP contribution in [0.4, 0.5) is 0 Å². The first-order valence-electron chi connectivity index (χ1n) is 12.5. The SMILES string of the molecule is C=CCCCCCCCOc1cccc(OCCCCCCCS(=O)(=O)O)c1-c1ccccc1. The molecule has 2 aromatic carbocycles. The zero-order valence-corrected chi connectivity index (χ0v) is 21.1. The maximum absolute atomic E-state index is 10.8. The van der Waals surface area contributed by atoms with Crippen molar-refractivity contribution in [2.24, 2.45) is 0 Å². The van der Waals surface area contributed by atoms with Gasteiger partial charge in [0.25, 0.3) is 10.1 Å². The molecule has 2 rings (SSSR count). The van der Waals surface area contributed by atoms with Gasteiger partial charge in [-0.25, -0.2) is 0 Å². The van der Waals surface area contributed by atoms with Gasteiger partial charge in [0.05, 0.1) is 24.5 Å². The van der Waals surface area contributed by atoms with Gasteiger partial charge in [0.1, 0.15) is 11.5 Å². The number of hydrogen-bond acceptors (Lipinski definition) is 4. The maximum Gasteiger partial charge on any atom is 0.264 e. The zero-order valence-electron chi connectivity index (χ0n) is 20.3. The summed E-state index contributed by atoms with van der Waals surface area (Å²) in [5, 5.41) is 0. The van der Waals surface area contributed by atoms with Crippen molar-refractivity contribution in [1.29, 1.82) is 0 Å². The molecular formula is C28H40O5S. The monoisotopic (exact) mass is 488 g/mol. The number of benzene rings is 2. The molecule has 2 aromatic rings. The molecule has 0 radical (unpaired) electrons. The Morgan fingerprint density at radius 2 is 1.24 bits per heavy atom. The van der Waals surface area contributed by atoms with Crippen LogP contribution in [0, 0.1) is 0 Å². The van der Waals surface area contributed by atoms with Gasteiger partial charge in [0, 0.05) is 0 Å². The van der Waals surface area contributed by atoms with Crippen LogP contribution in [0.3, 0.4) is 0 Å². The molecular weight excluding hydrogens is 448 g/mol. The van der Waals surface area contributed by atoms with Crippen molar-refractivity contribution in [2.75, 3.05) is 19.0 Å². The fourth-order valence-corrected chi connectivity index (χ4v) is 4.41. The molecule has 0 aliphatic rings. The Hall–Kier alpha value is -2.31. The van der Waals surface area contributed by atoms with Crippen LogP contribution in [0.5, 0.6) is 11.5 Å². The van der Waals surface area contributed by atoms with Crippen molar-refractivity contribution in [3.63, 3.8) is 0 Å². The number of allylic oxidation sites excluding steroid dienone is 1. The van der Waals surface area contributed by atoms with Gasteiger partial charge < -0.3 is 9.47 Å². The normalized spacial score (nSPS) is 11.3. The van der Waals surface area contributed by atoms with E-state index in [0.29, 0.717) is 19.6 Å². The predicted molar refractivity (Wildman–Crippen MR) is 140 cm³/mol. The molecule has 188 valence electrons. The van der Waals surface area contributed by atoms with Crippen molar-refractivity contribution in [3.8, 4) is 22.6 Å². The smallest absolute Gasteiger partial charge is 0.264 e. The summed E-state index contributed by atoms with van der Waals surface area (Å²) >= 11 is 0. The second-order valence-electron chi connectivity index (χ2n) is 8.59. The second kappa shape index (κ2) is 16.3. The fraction of sp³-hybridized carbons (Fsp3) is 0.500. The van der Waals surface area contributed by atoms with E-state index >= 15 is 0 Å². The topological polar surface area (TPSA) is 72.8 Å². The Kier molecular flexibility index (Phi) is 13.4. The molecule has 0 heterocycles. The van der Waals surface area contributed by atoms with E-state index in [2.05, 4.69) is 18.7 Å². The highest BCUT2D eigenvalue weighted by atomic mass is 32.2. The third-order valence-corrected chi connectivity index (χ3v) is 6.47. The van der Waals surface area contributed by atoms with Crippen LogP contribution in [0.15, 0.2) is 61.2 Å². The second-order valence-corrected chi connectivity index (χ2v) is 10.2. The summed E-state index contributed by atoms with van der Waals surface area (Å²) in [4.78, 5) is 0. The van der Waals surface area contributed by atoms with Crippen LogP contribution in [0.1, 0.15) is 70.6 Å². The Balaban J connectivity index is 1.85. The molecule has 0 aliphatic carbocycles. The molecule has 0 amide bonds. The van der Waals surface area contributed by atoms with Crippen molar-refractivity contribution in [3.05, 3.63) is 61.2 Å². The van der Waals surface area contributed by atoms with Crippen LogP contribution in [-0.4, -0.2) is 31.9 Å². The van der Waals surface area contributed by atoms with Crippen molar-refractivity contribution in [1.82, 2.24) is 0 Å². The van der Waals surface area contributed by atoms with Gasteiger partial charge in [-0.05, 0) is 49.8 Å². The van der Waals surface area contributed by atoms with Crippen LogP contribution >= 0.6 is 0 Å². The highest BCUT2D eigenvalue weighted by molar-refractivity contribution is 7.85. The Morgan fingerprint density at radius 3 is 1.79 bits per heavy atom. The summed E-state index contributed by atoms with van der Waals surface area (Å²) in [6, 6.07) is 16.2. The van der Waals surface area contributed by atoms with Crippen LogP contribution in [0.25, 0.3) is 11.1 Å². The van der Waals surface area contributed by atoms with Crippen LogP contribution < -0.4 is 9.47 Å². The summed E-state index contributed by atoms with van der Waals surface area (Å²) in [7, 11) is -3.85. The first kappa shape index (κ1) is 27.9. The van der Waals surface area contributed by atoms with Gasteiger partial charge in [0.15, 0.2) is 0 Å². The van der Waals surface area contributed by atoms with Gasteiger partial charge in [-0.2, -0.15) is 8.42 Å². The van der Waals surface area contributed by atoms with Crippen molar-refractivity contribution in [2.45, 2.75) is 70.6 Å². The number of hydrogen-bond donors (Lipinski definition) is 1. The third kappa shape index (κ3) is 11.7. The van der Waals surface area contributed by atoms with E-state index in [9.17, 15) is 8.42 Å². The molecule has 0 fully saturated rings. The van der Waals surface area contributed by atoms with Gasteiger partial charge in [-0.15, -0.1) is 6.58 Å². The fourth-order valence-electron chi connectivity index (χ4n) is 3.84. The van der Waals surface area contributed by atoms with Gasteiger partial charge >= 0.3 is 0 Å². The van der Waals surface area contributed by atoms with Crippen LogP contribution in [0.2, 0.25) is 0 Å². The first-order chi connectivity index (χ1) is 16.5. The Morgan fingerprint density at radius 1 is 0.706 bits per heavy atom. The molecule has 0 atom stereocenters. The molecule has 0 spiro atoms. The van der Waals surface area contributed by atoms with Gasteiger partial charge in [0.2, 0.25) is 0 Å². The molecule has 6 heteroatoms. The summed E-state index contributed by atoms with van der Waals surface area (Å²) in [6.07, 6.45) is 13.0. The third-order valence-electron chi connectivity index (χ3n) is 5.66. The van der Waals surface area contributed by atoms with Crippen molar-refractivity contribution < 1.29 is 22.4 Å². The maximum atomic E-state index is 10.8. The number of unbranched alkanes of at least 4 members (excludes halogenated alkanes) is 9. The molecule has 0 bridgehead atoms. The lowest BCUT2D eigenvalue weighted by Gasteiger charge is -2.17. The lowest BCUT2D eigenvalue weighted by molar-refractivity contribution is 0.292. The Labute approximate surface area is 205 Å². The van der Waals surface area contributed by atoms with Crippen LogP contribution in [-0.2, 0) is 10.1 Å². The van der Waals surface area contributed by atoms with Crippen molar-refractivity contribution >= 4 is 10.1 Å². The zero-order chi connectivity index (χ0) is 24.5. The minimum absolute atomic E-state index is 0.161. The van der Waals surface area contributed by atoms with E-state index in [4.69, 9.17) is 14.0 Å². The van der Waals surface area contributed by atoms with Gasteiger partial charge in [-0.3, -0.25) is 4.55 Å². The van der Waals surface area contributed by atoms with E-state index in [1.165, 1.54) is 19.3 Å². The lowest BCUT2D eigenvalue weighted by atomic mass is 10.0. The summed E-state index contributed by atoms with van der Waals surface area (Å²) in [5.41, 5.74) is 2.06. The molecule has 34 heavy (non-hydrogen) atoms. The average molecular weight is 489 g/mol. The molecule has 0 unspecified atom stereocenters. The quantitative estimate of drug-likeness (QED) is 0.126. The van der Waals surface area contributed by atoms with E-state index in [1.54, 1.807) is 0 Å². The largest absolute Gasteiger partial charge is 0.493 e. The molecule has 0 saturated heterocycles. The number of rotatable bonds is 19. The van der Waals surface area contributed by atoms with E-state index in [-0.39, 0.29) is 5.75 Å². The molecule has 5 nitrogen and oxygen atoms in total. The highest BCUT2D eigenvalue weighted by Crippen LogP contribution is 2.38. The van der Waals surface area contributed by atoms with E-state index in [1.807, 2.05) is 42.5 Å². The Bertz CT molecular complexity index is 925. The first-order valence-corrected chi connectivity index (χ1v) is 14.1. The van der Waals surface area contributed by atoms with E-state index in [0.717, 1.165) is 67.6 Å². The highest BCUT2D eigenvalue weighted by Gasteiger charge is 2.13. The summed E-state index contributed by atoms with van der Waals surface area (Å²) < 4.78 is 42.7. The minimum atomic E-state index is -3.85. The lowest BCUT2D eigenvalue weighted by Crippen LogP contribution is -2.04. The summed E-state index contributed by atoms with van der Waals surface area (Å²) in [6.45, 7) is 5.05. The molecule has 0 saturated carbocycles. The van der Waals surface area contributed by atoms with E-state index < -0.39 is 10.1 Å². The predicted octanol–water partition coefficient (Wildman–Crippen LogP) is 7.48. The molecule has 1 N–H and O–H groups in total. The average Bonchev–Trinajstić information content (AvgIpc) is 2.82. The van der Waals surface area contributed by atoms with Gasteiger partial charge in [-0.1, -0.05) is 81.0 Å². The number of ether oxygens (including phenoxy) is 2. The minimum Gasteiger partial charge on any atom is -0.493 e. The standard InChI is InChI=1S/C28H40O5S/c1-2-3-4-5-6-8-14-22-32-26-20-17-21-27(28(26)25-18-12-11-13-19-25)33-23-15-9-7-10-16-24-34(29,30)31/h2,11-13,17-21H,1,3-10,14-16,22-24H2,(H,29,30,31). The summed E-state index contributed by atoms with van der Waals surface area (Å²) in [5.74, 6) is 1.51. The molecule has 0 aliphatic heterocycles.